The van der Waals surface area contributed by atoms with Crippen molar-refractivity contribution in [2.24, 2.45) is 0 Å². The number of amides is 1. The molecule has 3 N–H and O–H groups in total. The summed E-state index contributed by atoms with van der Waals surface area (Å²) in [6, 6.07) is 18.8. The molecule has 0 bridgehead atoms. The molecule has 1 aliphatic heterocycles. The highest BCUT2D eigenvalue weighted by Crippen LogP contribution is 2.23. The number of hydrogen-bond acceptors (Lipinski definition) is 1. The van der Waals surface area contributed by atoms with Gasteiger partial charge >= 0.3 is 0 Å². The fourth-order valence-electron chi connectivity index (χ4n) is 3.96. The van der Waals surface area contributed by atoms with Crippen molar-refractivity contribution >= 4 is 11.6 Å². The number of para-hydroxylation sites is 1. The number of hydrogen-bond donors (Lipinski definition) is 3. The zero-order valence-corrected chi connectivity index (χ0v) is 16.8. The number of carbonyl (C=O) groups excluding carboxylic acids is 1. The lowest BCUT2D eigenvalue weighted by atomic mass is 10.0. The van der Waals surface area contributed by atoms with Gasteiger partial charge in [0.05, 0.1) is 0 Å². The molecule has 2 aromatic carbocycles. The van der Waals surface area contributed by atoms with Crippen LogP contribution in [-0.4, -0.2) is 38.1 Å². The molecular weight excluding hydrogens is 334 g/mol. The maximum atomic E-state index is 12.8. The van der Waals surface area contributed by atoms with E-state index in [1.54, 1.807) is 4.90 Å². The van der Waals surface area contributed by atoms with Crippen molar-refractivity contribution in [2.75, 3.05) is 31.5 Å². The second-order valence-electron chi connectivity index (χ2n) is 8.02. The summed E-state index contributed by atoms with van der Waals surface area (Å²) in [7, 11) is 0. The first-order chi connectivity index (χ1) is 13.0. The SMILES string of the molecule is CC(C)c1ccccc1NC(=O)[C@@H](C)[NH+]1CC[NH+](Cc2ccccc2)CC1. The largest absolute Gasteiger partial charge is 0.322 e. The van der Waals surface area contributed by atoms with Crippen molar-refractivity contribution in [3.63, 3.8) is 0 Å². The molecule has 0 radical (unpaired) electrons. The van der Waals surface area contributed by atoms with E-state index in [4.69, 9.17) is 0 Å². The van der Waals surface area contributed by atoms with E-state index >= 15 is 0 Å². The van der Waals surface area contributed by atoms with Crippen LogP contribution < -0.4 is 15.1 Å². The third-order valence-corrected chi connectivity index (χ3v) is 5.74. The van der Waals surface area contributed by atoms with Gasteiger partial charge in [0, 0.05) is 11.3 Å². The first kappa shape index (κ1) is 19.6. The number of carbonyl (C=O) groups is 1. The van der Waals surface area contributed by atoms with Crippen LogP contribution >= 0.6 is 0 Å². The Balaban J connectivity index is 1.53. The summed E-state index contributed by atoms with van der Waals surface area (Å²) in [5, 5.41) is 3.17. The fourth-order valence-corrected chi connectivity index (χ4v) is 3.96. The molecule has 1 atom stereocenters. The lowest BCUT2D eigenvalue weighted by Gasteiger charge is -2.32. The van der Waals surface area contributed by atoms with E-state index in [0.29, 0.717) is 5.92 Å². The number of rotatable bonds is 6. The fraction of sp³-hybridized carbons (Fsp3) is 0.435. The van der Waals surface area contributed by atoms with Gasteiger partial charge < -0.3 is 15.1 Å². The smallest absolute Gasteiger partial charge is 0.282 e. The molecule has 27 heavy (non-hydrogen) atoms. The van der Waals surface area contributed by atoms with E-state index in [9.17, 15) is 4.79 Å². The first-order valence-corrected chi connectivity index (χ1v) is 10.2. The third kappa shape index (κ3) is 5.18. The number of nitrogens with one attached hydrogen (secondary N) is 3. The van der Waals surface area contributed by atoms with Crippen molar-refractivity contribution in [3.8, 4) is 0 Å². The van der Waals surface area contributed by atoms with Gasteiger partial charge in [0.2, 0.25) is 0 Å². The normalized spacial score (nSPS) is 21.0. The molecule has 4 nitrogen and oxygen atoms in total. The number of piperazine rings is 1. The highest BCUT2D eigenvalue weighted by Gasteiger charge is 2.31. The lowest BCUT2D eigenvalue weighted by Crippen LogP contribution is -3.29. The van der Waals surface area contributed by atoms with Gasteiger partial charge in [0.25, 0.3) is 5.91 Å². The molecule has 0 spiro atoms. The first-order valence-electron chi connectivity index (χ1n) is 10.2. The predicted molar refractivity (Wildman–Crippen MR) is 110 cm³/mol. The molecule has 1 aliphatic rings. The molecule has 144 valence electrons. The number of anilines is 1. The van der Waals surface area contributed by atoms with Crippen molar-refractivity contribution < 1.29 is 14.6 Å². The van der Waals surface area contributed by atoms with E-state index in [-0.39, 0.29) is 11.9 Å². The average Bonchev–Trinajstić information content (AvgIpc) is 2.69. The maximum absolute atomic E-state index is 12.8. The molecule has 0 aliphatic carbocycles. The molecule has 0 unspecified atom stereocenters. The van der Waals surface area contributed by atoms with Crippen LogP contribution in [0.1, 0.15) is 37.8 Å². The lowest BCUT2D eigenvalue weighted by molar-refractivity contribution is -1.02. The van der Waals surface area contributed by atoms with Gasteiger partial charge in [-0.05, 0) is 24.5 Å². The molecule has 1 amide bonds. The molecule has 2 aromatic rings. The molecule has 0 saturated carbocycles. The van der Waals surface area contributed by atoms with E-state index < -0.39 is 0 Å². The Kier molecular flexibility index (Phi) is 6.64. The summed E-state index contributed by atoms with van der Waals surface area (Å²) in [5.74, 6) is 0.527. The zero-order chi connectivity index (χ0) is 19.2. The van der Waals surface area contributed by atoms with Gasteiger partial charge in [-0.2, -0.15) is 0 Å². The number of quaternary nitrogens is 2. The van der Waals surface area contributed by atoms with Crippen LogP contribution in [0.3, 0.4) is 0 Å². The van der Waals surface area contributed by atoms with E-state index in [1.165, 1.54) is 16.0 Å². The quantitative estimate of drug-likeness (QED) is 0.703. The Morgan fingerprint density at radius 1 is 0.926 bits per heavy atom. The molecule has 1 heterocycles. The van der Waals surface area contributed by atoms with Crippen LogP contribution in [0.15, 0.2) is 54.6 Å². The van der Waals surface area contributed by atoms with Crippen LogP contribution in [0.4, 0.5) is 5.69 Å². The molecule has 1 fully saturated rings. The van der Waals surface area contributed by atoms with Crippen LogP contribution in [-0.2, 0) is 11.3 Å². The minimum Gasteiger partial charge on any atom is -0.322 e. The molecular formula is C23H33N3O+2. The Hall–Kier alpha value is -2.17. The van der Waals surface area contributed by atoms with Crippen molar-refractivity contribution in [1.29, 1.82) is 0 Å². The highest BCUT2D eigenvalue weighted by atomic mass is 16.2. The van der Waals surface area contributed by atoms with Crippen LogP contribution in [0.25, 0.3) is 0 Å². The van der Waals surface area contributed by atoms with Crippen molar-refractivity contribution in [2.45, 2.75) is 39.3 Å². The number of benzene rings is 2. The van der Waals surface area contributed by atoms with Gasteiger partial charge in [0.15, 0.2) is 6.04 Å². The Morgan fingerprint density at radius 3 is 2.22 bits per heavy atom. The standard InChI is InChI=1S/C23H31N3O/c1-18(2)21-11-7-8-12-22(21)24-23(27)19(3)26-15-13-25(14-16-26)17-20-9-5-4-6-10-20/h4-12,18-19H,13-17H2,1-3H3,(H,24,27)/p+2/t19-/m1/s1. The average molecular weight is 368 g/mol. The Labute approximate surface area is 163 Å². The van der Waals surface area contributed by atoms with Crippen LogP contribution in [0.2, 0.25) is 0 Å². The summed E-state index contributed by atoms with van der Waals surface area (Å²) in [6.07, 6.45) is 0. The molecule has 1 saturated heterocycles. The highest BCUT2D eigenvalue weighted by molar-refractivity contribution is 5.94. The second kappa shape index (κ2) is 9.16. The van der Waals surface area contributed by atoms with E-state index in [2.05, 4.69) is 62.5 Å². The van der Waals surface area contributed by atoms with Crippen LogP contribution in [0.5, 0.6) is 0 Å². The van der Waals surface area contributed by atoms with E-state index in [0.717, 1.165) is 38.4 Å². The Morgan fingerprint density at radius 2 is 1.56 bits per heavy atom. The van der Waals surface area contributed by atoms with Crippen LogP contribution in [0, 0.1) is 0 Å². The minimum absolute atomic E-state index is 0.0245. The topological polar surface area (TPSA) is 38.0 Å². The minimum atomic E-state index is -0.0245. The van der Waals surface area contributed by atoms with Gasteiger partial charge in [0.1, 0.15) is 32.7 Å². The van der Waals surface area contributed by atoms with Gasteiger partial charge in [-0.1, -0.05) is 62.4 Å². The van der Waals surface area contributed by atoms with Gasteiger partial charge in [-0.25, -0.2) is 0 Å². The summed E-state index contributed by atoms with van der Waals surface area (Å²) < 4.78 is 0. The third-order valence-electron chi connectivity index (χ3n) is 5.74. The summed E-state index contributed by atoms with van der Waals surface area (Å²) >= 11 is 0. The predicted octanol–water partition coefficient (Wildman–Crippen LogP) is 1.12. The second-order valence-corrected chi connectivity index (χ2v) is 8.02. The van der Waals surface area contributed by atoms with Gasteiger partial charge in [-0.15, -0.1) is 0 Å². The van der Waals surface area contributed by atoms with Crippen molar-refractivity contribution in [1.82, 2.24) is 0 Å². The molecule has 0 aromatic heterocycles. The van der Waals surface area contributed by atoms with Crippen molar-refractivity contribution in [3.05, 3.63) is 65.7 Å². The summed E-state index contributed by atoms with van der Waals surface area (Å²) in [5.41, 5.74) is 3.55. The molecule has 4 heteroatoms. The monoisotopic (exact) mass is 367 g/mol. The van der Waals surface area contributed by atoms with Gasteiger partial charge in [-0.3, -0.25) is 4.79 Å². The Bertz CT molecular complexity index is 736. The zero-order valence-electron chi connectivity index (χ0n) is 16.8. The molecule has 3 rings (SSSR count). The van der Waals surface area contributed by atoms with E-state index in [1.807, 2.05) is 18.2 Å². The summed E-state index contributed by atoms with van der Waals surface area (Å²) in [4.78, 5) is 15.8. The summed E-state index contributed by atoms with van der Waals surface area (Å²) in [6.45, 7) is 11.8. The maximum Gasteiger partial charge on any atom is 0.282 e.